The molecule has 0 saturated heterocycles. The zero-order chi connectivity index (χ0) is 8.97. The van der Waals surface area contributed by atoms with Crippen LogP contribution in [-0.4, -0.2) is 11.0 Å². The first-order valence-electron chi connectivity index (χ1n) is 3.86. The number of carbonyl (C=O) groups excluding carboxylic acids is 1. The van der Waals surface area contributed by atoms with E-state index in [0.717, 1.165) is 17.7 Å². The maximum atomic E-state index is 10.3. The number of aryl methyl sites for hydroxylation is 1. The first-order valence-corrected chi connectivity index (χ1v) is 3.86. The van der Waals surface area contributed by atoms with Crippen molar-refractivity contribution in [2.45, 2.75) is 19.8 Å². The van der Waals surface area contributed by atoms with Crippen LogP contribution in [0.15, 0.2) is 18.3 Å². The molecule has 0 N–H and O–H groups in total. The first-order chi connectivity index (χ1) is 5.74. The van der Waals surface area contributed by atoms with Gasteiger partial charge in [0.2, 0.25) is 0 Å². The summed E-state index contributed by atoms with van der Waals surface area (Å²) in [6.45, 7) is 1.95. The largest absolute Gasteiger partial charge is 0.550 e. The van der Waals surface area contributed by atoms with Crippen molar-refractivity contribution in [2.24, 2.45) is 0 Å². The van der Waals surface area contributed by atoms with E-state index in [0.29, 0.717) is 0 Å². The van der Waals surface area contributed by atoms with Crippen molar-refractivity contribution in [3.05, 3.63) is 29.6 Å². The van der Waals surface area contributed by atoms with Gasteiger partial charge in [-0.2, -0.15) is 0 Å². The van der Waals surface area contributed by atoms with Gasteiger partial charge in [-0.25, -0.2) is 0 Å². The molecular formula is C9H10NO2-. The summed E-state index contributed by atoms with van der Waals surface area (Å²) in [5, 5.41) is 10.3. The van der Waals surface area contributed by atoms with Crippen LogP contribution < -0.4 is 5.11 Å². The van der Waals surface area contributed by atoms with Crippen molar-refractivity contribution in [3.63, 3.8) is 0 Å². The van der Waals surface area contributed by atoms with Crippen LogP contribution in [0.2, 0.25) is 0 Å². The molecule has 0 bridgehead atoms. The Morgan fingerprint density at radius 2 is 2.42 bits per heavy atom. The Balaban J connectivity index is 2.89. The lowest BCUT2D eigenvalue weighted by molar-refractivity contribution is -0.304. The Kier molecular flexibility index (Phi) is 2.80. The van der Waals surface area contributed by atoms with E-state index in [4.69, 9.17) is 0 Å². The van der Waals surface area contributed by atoms with E-state index in [1.54, 1.807) is 18.3 Å². The van der Waals surface area contributed by atoms with Gasteiger partial charge in [0.25, 0.3) is 0 Å². The minimum absolute atomic E-state index is 0.0446. The number of carboxylic acid groups (broad SMARTS) is 1. The van der Waals surface area contributed by atoms with Crippen molar-refractivity contribution in [3.8, 4) is 0 Å². The first kappa shape index (κ1) is 8.71. The predicted molar refractivity (Wildman–Crippen MR) is 42.3 cm³/mol. The van der Waals surface area contributed by atoms with Crippen LogP contribution in [0.5, 0.6) is 0 Å². The molecule has 0 aliphatic rings. The number of pyridine rings is 1. The maximum Gasteiger partial charge on any atom is 0.0458 e. The van der Waals surface area contributed by atoms with Gasteiger partial charge in [-0.1, -0.05) is 13.0 Å². The Hall–Kier alpha value is -1.38. The minimum Gasteiger partial charge on any atom is -0.550 e. The van der Waals surface area contributed by atoms with E-state index in [-0.39, 0.29) is 6.42 Å². The highest BCUT2D eigenvalue weighted by Gasteiger charge is 1.99. The number of nitrogens with zero attached hydrogens (tertiary/aromatic N) is 1. The summed E-state index contributed by atoms with van der Waals surface area (Å²) in [5.74, 6) is -1.06. The third-order valence-corrected chi connectivity index (χ3v) is 1.65. The fourth-order valence-electron chi connectivity index (χ4n) is 1.11. The quantitative estimate of drug-likeness (QED) is 0.628. The highest BCUT2D eigenvalue weighted by atomic mass is 16.4. The summed E-state index contributed by atoms with van der Waals surface area (Å²) in [7, 11) is 0. The highest BCUT2D eigenvalue weighted by molar-refractivity contribution is 5.68. The Morgan fingerprint density at radius 3 is 3.00 bits per heavy atom. The van der Waals surface area contributed by atoms with E-state index in [2.05, 4.69) is 4.98 Å². The summed E-state index contributed by atoms with van der Waals surface area (Å²) >= 11 is 0. The summed E-state index contributed by atoms with van der Waals surface area (Å²) in [6, 6.07) is 3.50. The van der Waals surface area contributed by atoms with Crippen molar-refractivity contribution < 1.29 is 9.90 Å². The Labute approximate surface area is 71.1 Å². The highest BCUT2D eigenvalue weighted by Crippen LogP contribution is 2.05. The smallest absolute Gasteiger partial charge is 0.0458 e. The van der Waals surface area contributed by atoms with Gasteiger partial charge in [0.05, 0.1) is 0 Å². The molecule has 0 atom stereocenters. The van der Waals surface area contributed by atoms with E-state index in [1.807, 2.05) is 6.92 Å². The second kappa shape index (κ2) is 3.85. The molecule has 1 rings (SSSR count). The van der Waals surface area contributed by atoms with Crippen LogP contribution in [0.3, 0.4) is 0 Å². The second-order valence-corrected chi connectivity index (χ2v) is 2.51. The molecule has 1 aromatic heterocycles. The molecule has 1 heterocycles. The van der Waals surface area contributed by atoms with E-state index >= 15 is 0 Å². The zero-order valence-electron chi connectivity index (χ0n) is 6.91. The third kappa shape index (κ3) is 2.05. The number of aliphatic carboxylic acids is 1. The van der Waals surface area contributed by atoms with Gasteiger partial charge < -0.3 is 9.90 Å². The fraction of sp³-hybridized carbons (Fsp3) is 0.333. The van der Waals surface area contributed by atoms with Gasteiger partial charge in [-0.3, -0.25) is 4.98 Å². The van der Waals surface area contributed by atoms with Crippen molar-refractivity contribution in [1.82, 2.24) is 4.98 Å². The number of rotatable bonds is 3. The van der Waals surface area contributed by atoms with Crippen LogP contribution in [0.25, 0.3) is 0 Å². The van der Waals surface area contributed by atoms with Gasteiger partial charge in [-0.05, 0) is 18.1 Å². The SMILES string of the molecule is CCc1ncccc1CC(=O)[O-]. The van der Waals surface area contributed by atoms with Crippen LogP contribution in [0.4, 0.5) is 0 Å². The third-order valence-electron chi connectivity index (χ3n) is 1.65. The Morgan fingerprint density at radius 1 is 1.67 bits per heavy atom. The minimum atomic E-state index is -1.06. The monoisotopic (exact) mass is 164 g/mol. The lowest BCUT2D eigenvalue weighted by atomic mass is 10.1. The Bertz CT molecular complexity index is 284. The average Bonchev–Trinajstić information content (AvgIpc) is 2.04. The molecule has 0 aliphatic carbocycles. The lowest BCUT2D eigenvalue weighted by Crippen LogP contribution is -2.25. The number of hydrogen-bond donors (Lipinski definition) is 0. The molecule has 3 heteroatoms. The van der Waals surface area contributed by atoms with Gasteiger partial charge in [0, 0.05) is 24.3 Å². The molecule has 3 nitrogen and oxygen atoms in total. The number of aromatic nitrogens is 1. The van der Waals surface area contributed by atoms with E-state index in [9.17, 15) is 9.90 Å². The summed E-state index contributed by atoms with van der Waals surface area (Å²) in [6.07, 6.45) is 2.37. The molecule has 0 amide bonds. The number of carbonyl (C=O) groups is 1. The molecule has 0 saturated carbocycles. The molecular weight excluding hydrogens is 154 g/mol. The number of carboxylic acids is 1. The lowest BCUT2D eigenvalue weighted by Gasteiger charge is -2.06. The molecule has 0 aliphatic heterocycles. The molecule has 0 radical (unpaired) electrons. The average molecular weight is 164 g/mol. The standard InChI is InChI=1S/C9H11NO2/c1-2-8-7(6-9(11)12)4-3-5-10-8/h3-5H,2,6H2,1H3,(H,11,12)/p-1. The predicted octanol–water partition coefficient (Wildman–Crippen LogP) is -0.0636. The topological polar surface area (TPSA) is 53.0 Å². The second-order valence-electron chi connectivity index (χ2n) is 2.51. The maximum absolute atomic E-state index is 10.3. The van der Waals surface area contributed by atoms with Crippen molar-refractivity contribution >= 4 is 5.97 Å². The van der Waals surface area contributed by atoms with Gasteiger partial charge >= 0.3 is 0 Å². The summed E-state index contributed by atoms with van der Waals surface area (Å²) < 4.78 is 0. The molecule has 0 unspecified atom stereocenters. The molecule has 12 heavy (non-hydrogen) atoms. The summed E-state index contributed by atoms with van der Waals surface area (Å²) in [4.78, 5) is 14.4. The zero-order valence-corrected chi connectivity index (χ0v) is 6.91. The fourth-order valence-corrected chi connectivity index (χ4v) is 1.11. The number of hydrogen-bond acceptors (Lipinski definition) is 3. The normalized spacial score (nSPS) is 9.75. The van der Waals surface area contributed by atoms with E-state index < -0.39 is 5.97 Å². The molecule has 64 valence electrons. The van der Waals surface area contributed by atoms with E-state index in [1.165, 1.54) is 0 Å². The van der Waals surface area contributed by atoms with Crippen LogP contribution in [0.1, 0.15) is 18.2 Å². The van der Waals surface area contributed by atoms with Gasteiger partial charge in [0.1, 0.15) is 0 Å². The van der Waals surface area contributed by atoms with Crippen LogP contribution >= 0.6 is 0 Å². The molecule has 1 aromatic rings. The molecule has 0 fully saturated rings. The van der Waals surface area contributed by atoms with Gasteiger partial charge in [0.15, 0.2) is 0 Å². The van der Waals surface area contributed by atoms with Crippen LogP contribution in [-0.2, 0) is 17.6 Å². The molecule has 0 aromatic carbocycles. The van der Waals surface area contributed by atoms with Crippen LogP contribution in [0, 0.1) is 0 Å². The van der Waals surface area contributed by atoms with Gasteiger partial charge in [-0.15, -0.1) is 0 Å². The van der Waals surface area contributed by atoms with Crippen molar-refractivity contribution in [1.29, 1.82) is 0 Å². The summed E-state index contributed by atoms with van der Waals surface area (Å²) in [5.41, 5.74) is 1.58. The molecule has 0 spiro atoms. The van der Waals surface area contributed by atoms with Crippen molar-refractivity contribution in [2.75, 3.05) is 0 Å².